The molecule has 0 aromatic heterocycles. The zero-order valence-corrected chi connectivity index (χ0v) is 13.0. The molecule has 108 valence electrons. The maximum Gasteiger partial charge on any atom is 0.236 e. The average Bonchev–Trinajstić information content (AvgIpc) is 2.74. The van der Waals surface area contributed by atoms with E-state index in [-0.39, 0.29) is 18.2 Å². The summed E-state index contributed by atoms with van der Waals surface area (Å²) in [5.41, 5.74) is 0. The molecule has 1 heterocycles. The van der Waals surface area contributed by atoms with Gasteiger partial charge in [0.25, 0.3) is 0 Å². The molecular formula is C12H25ClN2O2S. The van der Waals surface area contributed by atoms with E-state index in [1.165, 1.54) is 23.6 Å². The zero-order chi connectivity index (χ0) is 12.7. The molecule has 1 aliphatic heterocycles. The maximum absolute atomic E-state index is 11.8. The Kier molecular flexibility index (Phi) is 8.44. The Balaban J connectivity index is 0.00000289. The molecule has 0 N–H and O–H groups in total. The molecular weight excluding hydrogens is 272 g/mol. The van der Waals surface area contributed by atoms with Crippen molar-refractivity contribution in [3.05, 3.63) is 12.4 Å². The first kappa shape index (κ1) is 17.6. The van der Waals surface area contributed by atoms with Crippen LogP contribution in [0.15, 0.2) is 12.4 Å². The summed E-state index contributed by atoms with van der Waals surface area (Å²) < 4.78 is 25.1. The molecule has 4 nitrogen and oxygen atoms in total. The van der Waals surface area contributed by atoms with E-state index in [2.05, 4.69) is 11.8 Å². The first-order chi connectivity index (χ1) is 8.10. The number of hydrogen-bond acceptors (Lipinski definition) is 3. The van der Waals surface area contributed by atoms with Crippen molar-refractivity contribution in [2.24, 2.45) is 0 Å². The fourth-order valence-corrected chi connectivity index (χ4v) is 3.20. The second-order valence-electron chi connectivity index (χ2n) is 4.52. The van der Waals surface area contributed by atoms with Gasteiger partial charge < -0.3 is 4.90 Å². The zero-order valence-electron chi connectivity index (χ0n) is 11.3. The van der Waals surface area contributed by atoms with Crippen LogP contribution in [0.4, 0.5) is 0 Å². The van der Waals surface area contributed by atoms with Crippen molar-refractivity contribution in [1.82, 2.24) is 9.21 Å². The van der Waals surface area contributed by atoms with Crippen LogP contribution in [0.2, 0.25) is 0 Å². The van der Waals surface area contributed by atoms with Gasteiger partial charge in [-0.2, -0.15) is 0 Å². The maximum atomic E-state index is 11.8. The lowest BCUT2D eigenvalue weighted by Gasteiger charge is -2.20. The van der Waals surface area contributed by atoms with Gasteiger partial charge >= 0.3 is 0 Å². The van der Waals surface area contributed by atoms with E-state index in [0.29, 0.717) is 13.1 Å². The SMILES string of the molecule is CCCCCCN1C=CN(S(=O)(=O)CCC)C1.Cl. The fourth-order valence-electron chi connectivity index (χ4n) is 1.88. The van der Waals surface area contributed by atoms with Gasteiger partial charge in [0.15, 0.2) is 0 Å². The summed E-state index contributed by atoms with van der Waals surface area (Å²) >= 11 is 0. The molecule has 0 saturated heterocycles. The first-order valence-corrected chi connectivity index (χ1v) is 8.13. The van der Waals surface area contributed by atoms with E-state index < -0.39 is 10.0 Å². The van der Waals surface area contributed by atoms with Gasteiger partial charge in [-0.25, -0.2) is 8.42 Å². The quantitative estimate of drug-likeness (QED) is 0.647. The van der Waals surface area contributed by atoms with Crippen molar-refractivity contribution in [1.29, 1.82) is 0 Å². The topological polar surface area (TPSA) is 40.6 Å². The molecule has 0 unspecified atom stereocenters. The smallest absolute Gasteiger partial charge is 0.236 e. The number of sulfonamides is 1. The molecule has 0 atom stereocenters. The van der Waals surface area contributed by atoms with Crippen LogP contribution in [-0.4, -0.2) is 36.6 Å². The summed E-state index contributed by atoms with van der Waals surface area (Å²) in [6, 6.07) is 0. The molecule has 0 radical (unpaired) electrons. The normalized spacial score (nSPS) is 15.0. The largest absolute Gasteiger partial charge is 0.358 e. The first-order valence-electron chi connectivity index (χ1n) is 6.52. The molecule has 0 aliphatic carbocycles. The van der Waals surface area contributed by atoms with E-state index in [9.17, 15) is 8.42 Å². The van der Waals surface area contributed by atoms with Crippen LogP contribution in [0.25, 0.3) is 0 Å². The summed E-state index contributed by atoms with van der Waals surface area (Å²) in [6.45, 7) is 5.53. The Hall–Kier alpha value is -0.420. The predicted octanol–water partition coefficient (Wildman–Crippen LogP) is 2.77. The Labute approximate surface area is 117 Å². The second kappa shape index (κ2) is 8.64. The third kappa shape index (κ3) is 5.48. The van der Waals surface area contributed by atoms with Crippen LogP contribution >= 0.6 is 12.4 Å². The minimum Gasteiger partial charge on any atom is -0.358 e. The highest BCUT2D eigenvalue weighted by Crippen LogP contribution is 2.14. The summed E-state index contributed by atoms with van der Waals surface area (Å²) in [5, 5.41) is 0. The van der Waals surface area contributed by atoms with Crippen LogP contribution in [-0.2, 0) is 10.0 Å². The van der Waals surface area contributed by atoms with Crippen LogP contribution < -0.4 is 0 Å². The molecule has 0 fully saturated rings. The number of nitrogens with zero attached hydrogens (tertiary/aromatic N) is 2. The molecule has 0 saturated carbocycles. The van der Waals surface area contributed by atoms with Gasteiger partial charge in [0.2, 0.25) is 10.0 Å². The van der Waals surface area contributed by atoms with Crippen molar-refractivity contribution in [2.45, 2.75) is 46.0 Å². The molecule has 1 aliphatic rings. The second-order valence-corrected chi connectivity index (χ2v) is 6.56. The van der Waals surface area contributed by atoms with E-state index in [4.69, 9.17) is 0 Å². The van der Waals surface area contributed by atoms with Gasteiger partial charge in [-0.05, 0) is 12.8 Å². The third-order valence-corrected chi connectivity index (χ3v) is 4.76. The van der Waals surface area contributed by atoms with E-state index in [1.807, 2.05) is 13.1 Å². The molecule has 0 aromatic carbocycles. The van der Waals surface area contributed by atoms with E-state index in [0.717, 1.165) is 13.0 Å². The third-order valence-electron chi connectivity index (χ3n) is 2.88. The van der Waals surface area contributed by atoms with Gasteiger partial charge in [0.05, 0.1) is 5.75 Å². The Bertz CT molecular complexity index is 344. The monoisotopic (exact) mass is 296 g/mol. The van der Waals surface area contributed by atoms with E-state index in [1.54, 1.807) is 6.20 Å². The van der Waals surface area contributed by atoms with Crippen molar-refractivity contribution in [3.63, 3.8) is 0 Å². The Morgan fingerprint density at radius 2 is 1.78 bits per heavy atom. The highest BCUT2D eigenvalue weighted by molar-refractivity contribution is 7.89. The predicted molar refractivity (Wildman–Crippen MR) is 78.0 cm³/mol. The lowest BCUT2D eigenvalue weighted by molar-refractivity contribution is 0.325. The van der Waals surface area contributed by atoms with Gasteiger partial charge in [-0.3, -0.25) is 4.31 Å². The molecule has 1 rings (SSSR count). The minimum absolute atomic E-state index is 0. The summed E-state index contributed by atoms with van der Waals surface area (Å²) in [7, 11) is -3.07. The van der Waals surface area contributed by atoms with Crippen molar-refractivity contribution in [3.8, 4) is 0 Å². The fraction of sp³-hybridized carbons (Fsp3) is 0.833. The Morgan fingerprint density at radius 3 is 2.39 bits per heavy atom. The van der Waals surface area contributed by atoms with E-state index >= 15 is 0 Å². The lowest BCUT2D eigenvalue weighted by atomic mass is 10.2. The molecule has 6 heteroatoms. The molecule has 0 amide bonds. The minimum atomic E-state index is -3.07. The Morgan fingerprint density at radius 1 is 1.06 bits per heavy atom. The summed E-state index contributed by atoms with van der Waals surface area (Å²) in [4.78, 5) is 2.07. The van der Waals surface area contributed by atoms with Crippen LogP contribution in [0.1, 0.15) is 46.0 Å². The van der Waals surface area contributed by atoms with Gasteiger partial charge in [-0.15, -0.1) is 12.4 Å². The number of halogens is 1. The number of unbranched alkanes of at least 4 members (excludes halogenated alkanes) is 3. The van der Waals surface area contributed by atoms with Crippen LogP contribution in [0.3, 0.4) is 0 Å². The van der Waals surface area contributed by atoms with Gasteiger partial charge in [-0.1, -0.05) is 33.1 Å². The highest BCUT2D eigenvalue weighted by Gasteiger charge is 2.22. The summed E-state index contributed by atoms with van der Waals surface area (Å²) in [5.74, 6) is 0.237. The highest BCUT2D eigenvalue weighted by atomic mass is 35.5. The molecule has 0 aromatic rings. The lowest BCUT2D eigenvalue weighted by Crippen LogP contribution is -2.32. The van der Waals surface area contributed by atoms with Gasteiger partial charge in [0.1, 0.15) is 6.67 Å². The van der Waals surface area contributed by atoms with Crippen molar-refractivity contribution in [2.75, 3.05) is 19.0 Å². The van der Waals surface area contributed by atoms with Gasteiger partial charge in [0, 0.05) is 18.9 Å². The molecule has 0 bridgehead atoms. The average molecular weight is 297 g/mol. The standard InChI is InChI=1S/C12H24N2O2S.ClH/c1-3-5-6-7-8-13-9-10-14(12-13)17(15,16)11-4-2;/h9-10H,3-8,11-12H2,1-2H3;1H. The molecule has 0 spiro atoms. The van der Waals surface area contributed by atoms with Crippen LogP contribution in [0.5, 0.6) is 0 Å². The summed E-state index contributed by atoms with van der Waals surface area (Å²) in [6.07, 6.45) is 9.10. The van der Waals surface area contributed by atoms with Crippen molar-refractivity contribution >= 4 is 22.4 Å². The molecule has 18 heavy (non-hydrogen) atoms. The van der Waals surface area contributed by atoms with Crippen LogP contribution in [0, 0.1) is 0 Å². The van der Waals surface area contributed by atoms with Crippen molar-refractivity contribution < 1.29 is 8.42 Å². The number of rotatable bonds is 8. The number of hydrogen-bond donors (Lipinski definition) is 0.